The Morgan fingerprint density at radius 1 is 1.59 bits per heavy atom. The summed E-state index contributed by atoms with van der Waals surface area (Å²) in [6, 6.07) is 0. The van der Waals surface area contributed by atoms with Crippen LogP contribution in [0.25, 0.3) is 0 Å². The zero-order valence-electron chi connectivity index (χ0n) is 9.42. The predicted octanol–water partition coefficient (Wildman–Crippen LogP) is 1.29. The number of nitro groups is 1. The van der Waals surface area contributed by atoms with Gasteiger partial charge >= 0.3 is 11.6 Å². The van der Waals surface area contributed by atoms with Crippen LogP contribution in [0.3, 0.4) is 0 Å². The van der Waals surface area contributed by atoms with E-state index in [1.165, 1.54) is 0 Å². The van der Waals surface area contributed by atoms with E-state index in [-0.39, 0.29) is 11.6 Å². The summed E-state index contributed by atoms with van der Waals surface area (Å²) < 4.78 is 14.4. The Morgan fingerprint density at radius 3 is 2.88 bits per heavy atom. The van der Waals surface area contributed by atoms with E-state index < -0.39 is 4.92 Å². The van der Waals surface area contributed by atoms with E-state index in [0.29, 0.717) is 37.9 Å². The van der Waals surface area contributed by atoms with Gasteiger partial charge in [0.15, 0.2) is 5.00 Å². The summed E-state index contributed by atoms with van der Waals surface area (Å²) in [4.78, 5) is 12.5. The van der Waals surface area contributed by atoms with Crippen molar-refractivity contribution in [2.24, 2.45) is 0 Å². The lowest BCUT2D eigenvalue weighted by Crippen LogP contribution is -2.36. The number of rotatable bonds is 4. The van der Waals surface area contributed by atoms with Gasteiger partial charge in [-0.1, -0.05) is 0 Å². The van der Waals surface area contributed by atoms with E-state index in [0.717, 1.165) is 11.5 Å². The molecule has 1 aromatic rings. The van der Waals surface area contributed by atoms with Crippen LogP contribution in [0.2, 0.25) is 0 Å². The summed E-state index contributed by atoms with van der Waals surface area (Å²) in [5.74, 6) is 0.115. The lowest BCUT2D eigenvalue weighted by molar-refractivity contribution is -0.385. The second-order valence-electron chi connectivity index (χ2n) is 3.43. The van der Waals surface area contributed by atoms with Crippen LogP contribution in [0.4, 0.5) is 10.7 Å². The van der Waals surface area contributed by atoms with Crippen LogP contribution in [0, 0.1) is 10.1 Å². The van der Waals surface area contributed by atoms with Gasteiger partial charge in [-0.2, -0.15) is 0 Å². The molecule has 0 aliphatic carbocycles. The van der Waals surface area contributed by atoms with E-state index >= 15 is 0 Å². The summed E-state index contributed by atoms with van der Waals surface area (Å²) in [7, 11) is 0. The molecule has 0 N–H and O–H groups in total. The lowest BCUT2D eigenvalue weighted by Gasteiger charge is -2.26. The van der Waals surface area contributed by atoms with Crippen LogP contribution in [0.15, 0.2) is 0 Å². The predicted molar refractivity (Wildman–Crippen MR) is 63.0 cm³/mol. The molecule has 0 radical (unpaired) electrons. The van der Waals surface area contributed by atoms with Gasteiger partial charge in [-0.3, -0.25) is 10.1 Å². The molecule has 0 amide bonds. The van der Waals surface area contributed by atoms with Crippen molar-refractivity contribution in [3.63, 3.8) is 0 Å². The highest BCUT2D eigenvalue weighted by Crippen LogP contribution is 2.40. The van der Waals surface area contributed by atoms with Gasteiger partial charge < -0.3 is 14.4 Å². The van der Waals surface area contributed by atoms with E-state index in [4.69, 9.17) is 9.47 Å². The smallest absolute Gasteiger partial charge is 0.366 e. The quantitative estimate of drug-likeness (QED) is 0.599. The van der Waals surface area contributed by atoms with Crippen LogP contribution in [-0.4, -0.2) is 42.2 Å². The SMILES string of the molecule is CCOc1nsc(N2CCOCC2)c1[N+](=O)[O-]. The molecule has 1 aliphatic heterocycles. The lowest BCUT2D eigenvalue weighted by atomic mass is 10.4. The first-order chi connectivity index (χ1) is 8.24. The molecule has 0 atom stereocenters. The van der Waals surface area contributed by atoms with Crippen LogP contribution < -0.4 is 9.64 Å². The first-order valence-corrected chi connectivity index (χ1v) is 6.11. The molecule has 0 unspecified atom stereocenters. The van der Waals surface area contributed by atoms with Crippen LogP contribution in [0.5, 0.6) is 5.88 Å². The van der Waals surface area contributed by atoms with Gasteiger partial charge in [-0.15, -0.1) is 4.37 Å². The number of ether oxygens (including phenoxy) is 2. The average molecular weight is 259 g/mol. The number of morpholine rings is 1. The maximum Gasteiger partial charge on any atom is 0.366 e. The maximum atomic E-state index is 11.1. The Kier molecular flexibility index (Phi) is 3.75. The molecule has 0 spiro atoms. The molecule has 7 nitrogen and oxygen atoms in total. The fraction of sp³-hybridized carbons (Fsp3) is 0.667. The zero-order chi connectivity index (χ0) is 12.3. The largest absolute Gasteiger partial charge is 0.472 e. The molecule has 1 saturated heterocycles. The van der Waals surface area contributed by atoms with Crippen molar-refractivity contribution in [3.8, 4) is 5.88 Å². The third kappa shape index (κ3) is 2.47. The first kappa shape index (κ1) is 12.1. The first-order valence-electron chi connectivity index (χ1n) is 5.33. The Morgan fingerprint density at radius 2 is 2.29 bits per heavy atom. The third-order valence-corrected chi connectivity index (χ3v) is 3.26. The van der Waals surface area contributed by atoms with Gasteiger partial charge in [-0.25, -0.2) is 0 Å². The highest BCUT2D eigenvalue weighted by Gasteiger charge is 2.30. The minimum absolute atomic E-state index is 0.0289. The molecule has 0 saturated carbocycles. The third-order valence-electron chi connectivity index (χ3n) is 2.38. The Balaban J connectivity index is 2.29. The van der Waals surface area contributed by atoms with Gasteiger partial charge in [-0.05, 0) is 18.5 Å². The minimum Gasteiger partial charge on any atom is -0.472 e. The van der Waals surface area contributed by atoms with Crippen molar-refractivity contribution < 1.29 is 14.4 Å². The van der Waals surface area contributed by atoms with Gasteiger partial charge in [0, 0.05) is 13.1 Å². The van der Waals surface area contributed by atoms with Crippen LogP contribution in [-0.2, 0) is 4.74 Å². The fourth-order valence-corrected chi connectivity index (χ4v) is 2.48. The number of aromatic nitrogens is 1. The van der Waals surface area contributed by atoms with Gasteiger partial charge in [0.05, 0.1) is 24.7 Å². The van der Waals surface area contributed by atoms with Gasteiger partial charge in [0.1, 0.15) is 0 Å². The zero-order valence-corrected chi connectivity index (χ0v) is 10.2. The number of anilines is 1. The maximum absolute atomic E-state index is 11.1. The molecule has 1 aliphatic rings. The number of hydrogen-bond acceptors (Lipinski definition) is 7. The molecule has 94 valence electrons. The molecular weight excluding hydrogens is 246 g/mol. The summed E-state index contributed by atoms with van der Waals surface area (Å²) >= 11 is 1.10. The van der Waals surface area contributed by atoms with E-state index in [1.54, 1.807) is 6.92 Å². The van der Waals surface area contributed by atoms with Crippen molar-refractivity contribution in [1.29, 1.82) is 0 Å². The van der Waals surface area contributed by atoms with E-state index in [2.05, 4.69) is 4.37 Å². The van der Waals surface area contributed by atoms with Crippen molar-refractivity contribution in [2.45, 2.75) is 6.92 Å². The van der Waals surface area contributed by atoms with Crippen LogP contribution >= 0.6 is 11.5 Å². The Hall–Kier alpha value is -1.41. The minimum atomic E-state index is -0.431. The summed E-state index contributed by atoms with van der Waals surface area (Å²) in [5.41, 5.74) is -0.0289. The topological polar surface area (TPSA) is 77.7 Å². The van der Waals surface area contributed by atoms with Crippen molar-refractivity contribution >= 4 is 22.2 Å². The summed E-state index contributed by atoms with van der Waals surface area (Å²) in [6.45, 7) is 4.60. The van der Waals surface area contributed by atoms with E-state index in [9.17, 15) is 10.1 Å². The number of nitrogens with zero attached hydrogens (tertiary/aromatic N) is 3. The van der Waals surface area contributed by atoms with Gasteiger partial charge in [0.25, 0.3) is 0 Å². The molecule has 0 bridgehead atoms. The summed E-state index contributed by atoms with van der Waals surface area (Å²) in [5, 5.41) is 11.6. The highest BCUT2D eigenvalue weighted by molar-refractivity contribution is 7.11. The number of hydrogen-bond donors (Lipinski definition) is 0. The molecule has 1 aromatic heterocycles. The van der Waals surface area contributed by atoms with Crippen molar-refractivity contribution in [2.75, 3.05) is 37.8 Å². The Bertz CT molecular complexity index is 403. The molecule has 8 heteroatoms. The fourth-order valence-electron chi connectivity index (χ4n) is 1.62. The van der Waals surface area contributed by atoms with Crippen molar-refractivity contribution in [1.82, 2.24) is 4.37 Å². The normalized spacial score (nSPS) is 15.9. The average Bonchev–Trinajstić information content (AvgIpc) is 2.74. The molecule has 1 fully saturated rings. The molecule has 2 rings (SSSR count). The Labute approximate surface area is 102 Å². The molecule has 0 aromatic carbocycles. The summed E-state index contributed by atoms with van der Waals surface area (Å²) in [6.07, 6.45) is 0. The highest BCUT2D eigenvalue weighted by atomic mass is 32.1. The monoisotopic (exact) mass is 259 g/mol. The second-order valence-corrected chi connectivity index (χ2v) is 4.18. The van der Waals surface area contributed by atoms with Crippen molar-refractivity contribution in [3.05, 3.63) is 10.1 Å². The van der Waals surface area contributed by atoms with E-state index in [1.807, 2.05) is 4.90 Å². The van der Waals surface area contributed by atoms with Crippen LogP contribution in [0.1, 0.15) is 6.92 Å². The molecule has 2 heterocycles. The second kappa shape index (κ2) is 5.28. The molecular formula is C9H13N3O4S. The molecule has 17 heavy (non-hydrogen) atoms. The van der Waals surface area contributed by atoms with Gasteiger partial charge in [0.2, 0.25) is 0 Å². The standard InChI is InChI=1S/C9H13N3O4S/c1-2-16-8-7(12(13)14)9(17-10-8)11-3-5-15-6-4-11/h2-6H2,1H3.